The molecule has 0 amide bonds. The van der Waals surface area contributed by atoms with Crippen molar-refractivity contribution in [2.45, 2.75) is 26.2 Å². The zero-order valence-electron chi connectivity index (χ0n) is 16.0. The van der Waals surface area contributed by atoms with E-state index in [1.807, 2.05) is 49.4 Å². The molecule has 0 radical (unpaired) electrons. The van der Waals surface area contributed by atoms with E-state index in [1.165, 1.54) is 4.52 Å². The lowest BCUT2D eigenvalue weighted by Crippen LogP contribution is -2.23. The van der Waals surface area contributed by atoms with Crippen molar-refractivity contribution in [1.82, 2.24) is 19.6 Å². The van der Waals surface area contributed by atoms with Crippen LogP contribution in [0.25, 0.3) is 16.9 Å². The van der Waals surface area contributed by atoms with Crippen molar-refractivity contribution in [2.75, 3.05) is 5.73 Å². The summed E-state index contributed by atoms with van der Waals surface area (Å²) < 4.78 is 1.29. The number of hydrogen-bond acceptors (Lipinski definition) is 5. The van der Waals surface area contributed by atoms with E-state index in [9.17, 15) is 10.1 Å². The van der Waals surface area contributed by atoms with E-state index >= 15 is 0 Å². The van der Waals surface area contributed by atoms with Crippen molar-refractivity contribution in [1.29, 1.82) is 5.26 Å². The number of hydrogen-bond donors (Lipinski definition) is 2. The Labute approximate surface area is 167 Å². The molecule has 0 aliphatic heterocycles. The van der Waals surface area contributed by atoms with E-state index in [1.54, 1.807) is 6.07 Å². The standard InChI is InChI=1S/C22H20N6O/c1-2-5-19-18(20(29)28-22(25-19)26-21(24)27-28)12-14-8-10-15(11-9-14)17-7-4-3-6-16(17)13-23/h3-4,6-11H,2,5,12H2,1H3,(H3,24,25,26,27). The predicted molar refractivity (Wildman–Crippen MR) is 111 cm³/mol. The van der Waals surface area contributed by atoms with Crippen molar-refractivity contribution < 1.29 is 0 Å². The normalized spacial score (nSPS) is 10.9. The number of anilines is 1. The summed E-state index contributed by atoms with van der Waals surface area (Å²) in [6.07, 6.45) is 2.03. The molecule has 3 N–H and O–H groups in total. The number of aryl methyl sites for hydroxylation is 1. The minimum Gasteiger partial charge on any atom is -0.368 e. The first kappa shape index (κ1) is 18.4. The van der Waals surface area contributed by atoms with Gasteiger partial charge in [0.2, 0.25) is 5.95 Å². The van der Waals surface area contributed by atoms with E-state index in [0.29, 0.717) is 29.7 Å². The predicted octanol–water partition coefficient (Wildman–Crippen LogP) is 3.08. The van der Waals surface area contributed by atoms with E-state index in [0.717, 1.165) is 28.8 Å². The molecule has 0 spiro atoms. The molecule has 4 aromatic rings. The number of nitrogens with two attached hydrogens (primary N) is 1. The van der Waals surface area contributed by atoms with Crippen LogP contribution in [0, 0.1) is 11.3 Å². The first-order chi connectivity index (χ1) is 14.1. The van der Waals surface area contributed by atoms with Crippen molar-refractivity contribution in [2.24, 2.45) is 0 Å². The van der Waals surface area contributed by atoms with Crippen LogP contribution in [0.2, 0.25) is 0 Å². The van der Waals surface area contributed by atoms with Gasteiger partial charge in [-0.25, -0.2) is 4.98 Å². The third-order valence-electron chi connectivity index (χ3n) is 4.87. The summed E-state index contributed by atoms with van der Waals surface area (Å²) in [4.78, 5) is 21.6. The van der Waals surface area contributed by atoms with Crippen LogP contribution in [-0.4, -0.2) is 19.6 Å². The number of benzene rings is 2. The van der Waals surface area contributed by atoms with Gasteiger partial charge in [-0.3, -0.25) is 9.89 Å². The summed E-state index contributed by atoms with van der Waals surface area (Å²) in [5.74, 6) is 0.456. The third-order valence-corrected chi connectivity index (χ3v) is 4.87. The van der Waals surface area contributed by atoms with Gasteiger partial charge >= 0.3 is 0 Å². The van der Waals surface area contributed by atoms with E-state index < -0.39 is 0 Å². The van der Waals surface area contributed by atoms with E-state index in [4.69, 9.17) is 5.73 Å². The van der Waals surface area contributed by atoms with Crippen molar-refractivity contribution >= 4 is 11.7 Å². The van der Waals surface area contributed by atoms with E-state index in [2.05, 4.69) is 21.1 Å². The number of nitrogens with zero attached hydrogens (tertiary/aromatic N) is 4. The Balaban J connectivity index is 1.72. The molecular weight excluding hydrogens is 364 g/mol. The highest BCUT2D eigenvalue weighted by molar-refractivity contribution is 5.70. The minimum absolute atomic E-state index is 0.162. The Hall–Kier alpha value is -3.92. The molecule has 29 heavy (non-hydrogen) atoms. The number of rotatable bonds is 5. The highest BCUT2D eigenvalue weighted by atomic mass is 16.1. The molecule has 0 saturated carbocycles. The summed E-state index contributed by atoms with van der Waals surface area (Å²) in [7, 11) is 0. The number of fused-ring (bicyclic) bond motifs is 1. The van der Waals surface area contributed by atoms with Crippen LogP contribution in [0.4, 0.5) is 5.95 Å². The molecule has 0 aliphatic rings. The Morgan fingerprint density at radius 3 is 2.62 bits per heavy atom. The SMILES string of the molecule is CCCc1nc2nc(N)[nH]n2c(=O)c1Cc1ccc(-c2ccccc2C#N)cc1. The van der Waals surface area contributed by atoms with Gasteiger partial charge in [0, 0.05) is 12.0 Å². The highest BCUT2D eigenvalue weighted by Crippen LogP contribution is 2.24. The topological polar surface area (TPSA) is 113 Å². The van der Waals surface area contributed by atoms with Crippen LogP contribution < -0.4 is 11.3 Å². The quantitative estimate of drug-likeness (QED) is 0.549. The fourth-order valence-corrected chi connectivity index (χ4v) is 3.47. The van der Waals surface area contributed by atoms with Crippen LogP contribution in [0.5, 0.6) is 0 Å². The van der Waals surface area contributed by atoms with Crippen LogP contribution in [0.15, 0.2) is 53.3 Å². The summed E-state index contributed by atoms with van der Waals surface area (Å²) in [5.41, 5.74) is 10.4. The molecule has 0 aliphatic carbocycles. The van der Waals surface area contributed by atoms with Gasteiger partial charge < -0.3 is 5.73 Å². The molecule has 4 rings (SSSR count). The molecule has 7 nitrogen and oxygen atoms in total. The molecule has 2 heterocycles. The van der Waals surface area contributed by atoms with Gasteiger partial charge in [0.15, 0.2) is 0 Å². The Morgan fingerprint density at radius 1 is 1.14 bits per heavy atom. The fraction of sp³-hybridized carbons (Fsp3) is 0.182. The zero-order valence-corrected chi connectivity index (χ0v) is 16.0. The average Bonchev–Trinajstić information content (AvgIpc) is 3.12. The van der Waals surface area contributed by atoms with Gasteiger partial charge in [0.1, 0.15) is 0 Å². The first-order valence-electron chi connectivity index (χ1n) is 9.45. The summed E-state index contributed by atoms with van der Waals surface area (Å²) in [6.45, 7) is 2.05. The van der Waals surface area contributed by atoms with Gasteiger partial charge in [-0.2, -0.15) is 14.8 Å². The number of aromatic amines is 1. The maximum atomic E-state index is 13.0. The second kappa shape index (κ2) is 7.60. The van der Waals surface area contributed by atoms with Gasteiger partial charge in [-0.15, -0.1) is 0 Å². The fourth-order valence-electron chi connectivity index (χ4n) is 3.47. The van der Waals surface area contributed by atoms with E-state index in [-0.39, 0.29) is 11.5 Å². The maximum Gasteiger partial charge on any atom is 0.277 e. The van der Waals surface area contributed by atoms with Crippen LogP contribution in [-0.2, 0) is 12.8 Å². The number of nitriles is 1. The van der Waals surface area contributed by atoms with Crippen LogP contribution >= 0.6 is 0 Å². The largest absolute Gasteiger partial charge is 0.368 e. The molecule has 2 aromatic heterocycles. The molecule has 0 saturated heterocycles. The van der Waals surface area contributed by atoms with Gasteiger partial charge in [0.05, 0.1) is 17.3 Å². The second-order valence-corrected chi connectivity index (χ2v) is 6.87. The van der Waals surface area contributed by atoms with Crippen molar-refractivity contribution in [3.8, 4) is 17.2 Å². The molecule has 0 atom stereocenters. The van der Waals surface area contributed by atoms with Gasteiger partial charge in [-0.05, 0) is 29.2 Å². The first-order valence-corrected chi connectivity index (χ1v) is 9.45. The smallest absolute Gasteiger partial charge is 0.277 e. The molecule has 7 heteroatoms. The molecule has 0 unspecified atom stereocenters. The third kappa shape index (κ3) is 3.48. The van der Waals surface area contributed by atoms with Crippen molar-refractivity contribution in [3.05, 3.63) is 81.3 Å². The lowest BCUT2D eigenvalue weighted by molar-refractivity contribution is 0.808. The monoisotopic (exact) mass is 384 g/mol. The van der Waals surface area contributed by atoms with Crippen molar-refractivity contribution in [3.63, 3.8) is 0 Å². The number of H-pyrrole nitrogens is 1. The summed E-state index contributed by atoms with van der Waals surface area (Å²) >= 11 is 0. The molecular formula is C22H20N6O. The highest BCUT2D eigenvalue weighted by Gasteiger charge is 2.15. The lowest BCUT2D eigenvalue weighted by atomic mass is 9.97. The number of aromatic nitrogens is 4. The van der Waals surface area contributed by atoms with Gasteiger partial charge in [0.25, 0.3) is 11.3 Å². The average molecular weight is 384 g/mol. The van der Waals surface area contributed by atoms with Crippen LogP contribution in [0.1, 0.15) is 35.7 Å². The Kier molecular flexibility index (Phi) is 4.83. The Bertz CT molecular complexity index is 1280. The molecule has 0 bridgehead atoms. The Morgan fingerprint density at radius 2 is 1.90 bits per heavy atom. The summed E-state index contributed by atoms with van der Waals surface area (Å²) in [5, 5.41) is 12.1. The number of nitrogens with one attached hydrogen (secondary N) is 1. The zero-order chi connectivity index (χ0) is 20.4. The second-order valence-electron chi connectivity index (χ2n) is 6.87. The maximum absolute atomic E-state index is 13.0. The lowest BCUT2D eigenvalue weighted by Gasteiger charge is -2.09. The molecule has 144 valence electrons. The summed E-state index contributed by atoms with van der Waals surface area (Å²) in [6, 6.07) is 17.6. The molecule has 0 fully saturated rings. The minimum atomic E-state index is -0.179. The number of nitrogen functional groups attached to an aromatic ring is 1. The van der Waals surface area contributed by atoms with Gasteiger partial charge in [-0.1, -0.05) is 55.8 Å². The molecule has 2 aromatic carbocycles. The van der Waals surface area contributed by atoms with Crippen LogP contribution in [0.3, 0.4) is 0 Å².